The average Bonchev–Trinajstić information content (AvgIpc) is 2.47. The highest BCUT2D eigenvalue weighted by molar-refractivity contribution is 8.14. The maximum absolute atomic E-state index is 13.4. The summed E-state index contributed by atoms with van der Waals surface area (Å²) in [5.41, 5.74) is 0.176. The molecule has 0 spiro atoms. The third kappa shape index (κ3) is 4.62. The predicted molar refractivity (Wildman–Crippen MR) is 73.3 cm³/mol. The fourth-order valence-electron chi connectivity index (χ4n) is 1.63. The number of carbonyl (C=O) groups excluding carboxylic acids is 1. The van der Waals surface area contributed by atoms with Crippen molar-refractivity contribution in [2.75, 3.05) is 12.4 Å². The van der Waals surface area contributed by atoms with Crippen LogP contribution in [0.15, 0.2) is 30.3 Å². The summed E-state index contributed by atoms with van der Waals surface area (Å²) in [4.78, 5) is 11.6. The molecule has 0 aromatic heterocycles. The van der Waals surface area contributed by atoms with Gasteiger partial charge in [0.2, 0.25) is 5.12 Å². The van der Waals surface area contributed by atoms with E-state index in [4.69, 9.17) is 0 Å². The van der Waals surface area contributed by atoms with Gasteiger partial charge in [0.1, 0.15) is 0 Å². The van der Waals surface area contributed by atoms with E-state index in [1.54, 1.807) is 6.07 Å². The van der Waals surface area contributed by atoms with Gasteiger partial charge in [0, 0.05) is 24.2 Å². The summed E-state index contributed by atoms with van der Waals surface area (Å²) in [6.07, 6.45) is -3.63. The van der Waals surface area contributed by atoms with Gasteiger partial charge in [0.05, 0.1) is 6.67 Å². The molecule has 0 fully saturated rings. The summed E-state index contributed by atoms with van der Waals surface area (Å²) >= 11 is 0.325. The lowest BCUT2D eigenvalue weighted by Gasteiger charge is -2.32. The Kier molecular flexibility index (Phi) is 6.49. The molecule has 0 aliphatic heterocycles. The zero-order valence-electron chi connectivity index (χ0n) is 11.7. The lowest BCUT2D eigenvalue weighted by atomic mass is 10.0. The predicted octanol–water partition coefficient (Wildman–Crippen LogP) is 5.22. The first kappa shape index (κ1) is 19.8. The maximum atomic E-state index is 13.4. The highest BCUT2D eigenvalue weighted by Crippen LogP contribution is 2.49. The van der Waals surface area contributed by atoms with Gasteiger partial charge in [-0.25, -0.2) is 0 Å². The minimum Gasteiger partial charge on any atom is -0.282 e. The molecule has 0 bridgehead atoms. The van der Waals surface area contributed by atoms with Gasteiger partial charge < -0.3 is 0 Å². The first-order valence-electron chi connectivity index (χ1n) is 6.47. The average molecular weight is 362 g/mol. The summed E-state index contributed by atoms with van der Waals surface area (Å²) in [5.74, 6) is -16.7. The summed E-state index contributed by atoms with van der Waals surface area (Å²) in [6.45, 7) is -1.85. The third-order valence-electron chi connectivity index (χ3n) is 2.99. The van der Waals surface area contributed by atoms with Gasteiger partial charge in [-0.3, -0.25) is 9.18 Å². The number of hydrogen-bond acceptors (Lipinski definition) is 2. The summed E-state index contributed by atoms with van der Waals surface area (Å²) in [7, 11) is 0. The van der Waals surface area contributed by atoms with Crippen LogP contribution in [0.3, 0.4) is 0 Å². The first-order valence-corrected chi connectivity index (χ1v) is 7.45. The van der Waals surface area contributed by atoms with Crippen molar-refractivity contribution in [3.05, 3.63) is 35.9 Å². The van der Waals surface area contributed by atoms with Gasteiger partial charge in [0.25, 0.3) is 0 Å². The molecule has 9 heteroatoms. The summed E-state index contributed by atoms with van der Waals surface area (Å²) in [6, 6.07) is 7.46. The SMILES string of the molecule is O=C(SCCC(F)(F)C(F)(F)C(F)(F)CCF)c1ccccc1. The van der Waals surface area contributed by atoms with Crippen LogP contribution >= 0.6 is 11.8 Å². The minimum atomic E-state index is -5.69. The van der Waals surface area contributed by atoms with E-state index in [1.807, 2.05) is 0 Å². The Bertz CT molecular complexity index is 519. The number of benzene rings is 1. The molecule has 1 aromatic carbocycles. The van der Waals surface area contributed by atoms with Gasteiger partial charge >= 0.3 is 17.8 Å². The molecule has 0 heterocycles. The quantitative estimate of drug-likeness (QED) is 0.590. The molecular formula is C14H13F7OS. The molecule has 0 aliphatic rings. The van der Waals surface area contributed by atoms with E-state index >= 15 is 0 Å². The standard InChI is InChI=1S/C14H13F7OS/c15-8-6-12(16,17)14(20,21)13(18,19)7-9-23-11(22)10-4-2-1-3-5-10/h1-5H,6-9H2. The molecule has 1 nitrogen and oxygen atoms in total. The van der Waals surface area contributed by atoms with E-state index < -0.39 is 48.2 Å². The van der Waals surface area contributed by atoms with E-state index in [9.17, 15) is 35.5 Å². The van der Waals surface area contributed by atoms with Crippen molar-refractivity contribution in [2.24, 2.45) is 0 Å². The molecule has 1 rings (SSSR count). The fraction of sp³-hybridized carbons (Fsp3) is 0.500. The van der Waals surface area contributed by atoms with Crippen molar-refractivity contribution in [3.63, 3.8) is 0 Å². The Labute approximate surface area is 132 Å². The van der Waals surface area contributed by atoms with Gasteiger partial charge in [-0.15, -0.1) is 0 Å². The van der Waals surface area contributed by atoms with Crippen LogP contribution in [-0.2, 0) is 0 Å². The van der Waals surface area contributed by atoms with Crippen LogP contribution in [0.5, 0.6) is 0 Å². The first-order chi connectivity index (χ1) is 10.5. The number of alkyl halides is 7. The number of halogens is 7. The lowest BCUT2D eigenvalue weighted by molar-refractivity contribution is -0.311. The molecular weight excluding hydrogens is 349 g/mol. The zero-order chi connectivity index (χ0) is 17.7. The van der Waals surface area contributed by atoms with Gasteiger partial charge in [0.15, 0.2) is 0 Å². The largest absolute Gasteiger partial charge is 0.372 e. The molecule has 0 amide bonds. The van der Waals surface area contributed by atoms with E-state index in [-0.39, 0.29) is 5.56 Å². The molecule has 130 valence electrons. The number of thioether (sulfide) groups is 1. The van der Waals surface area contributed by atoms with Crippen molar-refractivity contribution in [1.29, 1.82) is 0 Å². The Morgan fingerprint density at radius 2 is 1.43 bits per heavy atom. The molecule has 1 aromatic rings. The van der Waals surface area contributed by atoms with Crippen molar-refractivity contribution in [3.8, 4) is 0 Å². The van der Waals surface area contributed by atoms with Crippen LogP contribution in [0, 0.1) is 0 Å². The molecule has 0 unspecified atom stereocenters. The van der Waals surface area contributed by atoms with Crippen LogP contribution in [0.25, 0.3) is 0 Å². The molecule has 0 saturated carbocycles. The smallest absolute Gasteiger partial charge is 0.282 e. The van der Waals surface area contributed by atoms with Crippen molar-refractivity contribution in [1.82, 2.24) is 0 Å². The number of hydrogen-bond donors (Lipinski definition) is 0. The summed E-state index contributed by atoms with van der Waals surface area (Å²) < 4.78 is 91.2. The topological polar surface area (TPSA) is 17.1 Å². The third-order valence-corrected chi connectivity index (χ3v) is 3.89. The molecule has 0 radical (unpaired) electrons. The fourth-order valence-corrected chi connectivity index (χ4v) is 2.48. The Hall–Kier alpha value is -1.25. The molecule has 0 N–H and O–H groups in total. The van der Waals surface area contributed by atoms with Crippen molar-refractivity contribution < 1.29 is 35.5 Å². The van der Waals surface area contributed by atoms with Gasteiger partial charge in [-0.05, 0) is 0 Å². The number of rotatable bonds is 8. The lowest BCUT2D eigenvalue weighted by Crippen LogP contribution is -2.54. The van der Waals surface area contributed by atoms with Gasteiger partial charge in [-0.2, -0.15) is 26.3 Å². The Morgan fingerprint density at radius 3 is 1.96 bits per heavy atom. The Balaban J connectivity index is 2.66. The second-order valence-corrected chi connectivity index (χ2v) is 5.74. The summed E-state index contributed by atoms with van der Waals surface area (Å²) in [5, 5.41) is -0.639. The highest BCUT2D eigenvalue weighted by Gasteiger charge is 2.70. The van der Waals surface area contributed by atoms with Gasteiger partial charge in [-0.1, -0.05) is 42.1 Å². The van der Waals surface area contributed by atoms with E-state index in [0.29, 0.717) is 11.8 Å². The van der Waals surface area contributed by atoms with Crippen LogP contribution in [0.1, 0.15) is 23.2 Å². The maximum Gasteiger partial charge on any atom is 0.372 e. The second-order valence-electron chi connectivity index (χ2n) is 4.67. The van der Waals surface area contributed by atoms with E-state index in [2.05, 4.69) is 0 Å². The zero-order valence-corrected chi connectivity index (χ0v) is 12.5. The second kappa shape index (κ2) is 7.55. The number of carbonyl (C=O) groups is 1. The van der Waals surface area contributed by atoms with Crippen LogP contribution in [0.4, 0.5) is 30.7 Å². The van der Waals surface area contributed by atoms with Crippen molar-refractivity contribution >= 4 is 16.9 Å². The highest BCUT2D eigenvalue weighted by atomic mass is 32.2. The van der Waals surface area contributed by atoms with Crippen molar-refractivity contribution in [2.45, 2.75) is 30.6 Å². The Morgan fingerprint density at radius 1 is 0.913 bits per heavy atom. The van der Waals surface area contributed by atoms with Crippen LogP contribution in [0.2, 0.25) is 0 Å². The molecule has 0 aliphatic carbocycles. The minimum absolute atomic E-state index is 0.176. The van der Waals surface area contributed by atoms with Crippen LogP contribution in [-0.4, -0.2) is 35.3 Å². The van der Waals surface area contributed by atoms with E-state index in [1.165, 1.54) is 24.3 Å². The molecule has 23 heavy (non-hydrogen) atoms. The molecule has 0 saturated heterocycles. The van der Waals surface area contributed by atoms with Crippen LogP contribution < -0.4 is 0 Å². The normalized spacial score (nSPS) is 13.2. The van der Waals surface area contributed by atoms with E-state index in [0.717, 1.165) is 0 Å². The molecule has 0 atom stereocenters. The monoisotopic (exact) mass is 362 g/mol.